The van der Waals surface area contributed by atoms with Crippen LogP contribution in [0.3, 0.4) is 0 Å². The van der Waals surface area contributed by atoms with Gasteiger partial charge in [0.1, 0.15) is 0 Å². The van der Waals surface area contributed by atoms with E-state index in [0.717, 1.165) is 27.6 Å². The Hall–Kier alpha value is -1.86. The number of benzene rings is 4. The van der Waals surface area contributed by atoms with E-state index in [1.165, 1.54) is 95.9 Å². The number of aryl methyl sites for hydroxylation is 3. The molecule has 1 aliphatic carbocycles. The fraction of sp³-hybridized carbons (Fsp3) is 0.375. The minimum absolute atomic E-state index is 0. The summed E-state index contributed by atoms with van der Waals surface area (Å²) in [5.41, 5.74) is 17.2. The van der Waals surface area contributed by atoms with Crippen molar-refractivity contribution in [2.75, 3.05) is 0 Å². The Balaban J connectivity index is 0.000000285. The molecule has 0 aromatic heterocycles. The van der Waals surface area contributed by atoms with Gasteiger partial charge >= 0.3 is 120 Å². The van der Waals surface area contributed by atoms with Gasteiger partial charge in [0.05, 0.1) is 0 Å². The third kappa shape index (κ3) is 12.6. The van der Waals surface area contributed by atoms with Crippen molar-refractivity contribution in [3.8, 4) is 11.1 Å². The summed E-state index contributed by atoms with van der Waals surface area (Å²) in [6.07, 6.45) is 3.49. The molecule has 0 bridgehead atoms. The zero-order valence-corrected chi connectivity index (χ0v) is 39.2. The van der Waals surface area contributed by atoms with E-state index in [1.807, 2.05) is 36.4 Å². The van der Waals surface area contributed by atoms with Gasteiger partial charge in [-0.2, -0.15) is 41.0 Å². The first-order valence-electron chi connectivity index (χ1n) is 18.3. The van der Waals surface area contributed by atoms with Gasteiger partial charge in [-0.1, -0.05) is 118 Å². The van der Waals surface area contributed by atoms with Gasteiger partial charge in [0, 0.05) is 0 Å². The van der Waals surface area contributed by atoms with Crippen molar-refractivity contribution in [3.05, 3.63) is 157 Å². The standard InChI is InChI=1S/C23H29.C13H8Cl2.C12H19.2ClH.Zr/c1-14-9-16-11-17-10-15(2)21(23(6,7)8)13-19(17)18(16)12-20(14)22(3,4)5;14-12-5-1-3-10(8-12)7-11-4-2-6-13(15)9-11;1-5-6-10-7-8-11(9-10)12(2,3)4;;;/h9,12-13H,11H2,1-8H3;1-6,8-9H;7-9H,5-6H2,1-4H3;2*1H;/q-1;;-1;;;+2/p-2. The summed E-state index contributed by atoms with van der Waals surface area (Å²) in [5.74, 6) is 0. The Labute approximate surface area is 359 Å². The van der Waals surface area contributed by atoms with E-state index >= 15 is 0 Å². The maximum atomic E-state index is 5.98. The van der Waals surface area contributed by atoms with Gasteiger partial charge in [-0.3, -0.25) is 0 Å². The van der Waals surface area contributed by atoms with Gasteiger partial charge in [-0.05, 0) is 35.4 Å². The number of hydrogen-bond donors (Lipinski definition) is 0. The average Bonchev–Trinajstić information content (AvgIpc) is 3.64. The molecule has 0 saturated heterocycles. The van der Waals surface area contributed by atoms with Gasteiger partial charge < -0.3 is 24.8 Å². The minimum atomic E-state index is 0. The quantitative estimate of drug-likeness (QED) is 0.158. The number of fused-ring (bicyclic) bond motifs is 3. The van der Waals surface area contributed by atoms with Crippen molar-refractivity contribution >= 4 is 26.4 Å². The maximum Gasteiger partial charge on any atom is -1.00 e. The van der Waals surface area contributed by atoms with Crippen molar-refractivity contribution in [3.63, 3.8) is 0 Å². The van der Waals surface area contributed by atoms with Crippen LogP contribution >= 0.6 is 23.2 Å². The van der Waals surface area contributed by atoms with Crippen LogP contribution in [0.2, 0.25) is 10.0 Å². The van der Waals surface area contributed by atoms with Gasteiger partial charge in [0.25, 0.3) is 0 Å². The molecule has 0 saturated carbocycles. The van der Waals surface area contributed by atoms with Crippen LogP contribution in [0, 0.1) is 19.9 Å². The summed E-state index contributed by atoms with van der Waals surface area (Å²) < 4.78 is 1.26. The number of hydrogen-bond acceptors (Lipinski definition) is 0. The van der Waals surface area contributed by atoms with Crippen LogP contribution in [0.15, 0.2) is 84.9 Å². The topological polar surface area (TPSA) is 0 Å². The molecule has 0 spiro atoms. The van der Waals surface area contributed by atoms with E-state index in [4.69, 9.17) is 23.2 Å². The van der Waals surface area contributed by atoms with Gasteiger partial charge in [-0.15, -0.1) is 16.7 Å². The van der Waals surface area contributed by atoms with Crippen LogP contribution in [-0.2, 0) is 53.3 Å². The molecule has 53 heavy (non-hydrogen) atoms. The second-order valence-electron chi connectivity index (χ2n) is 17.1. The van der Waals surface area contributed by atoms with Crippen molar-refractivity contribution < 1.29 is 49.0 Å². The first-order chi connectivity index (χ1) is 23.7. The zero-order valence-electron chi connectivity index (χ0n) is 33.7. The molecule has 0 fully saturated rings. The third-order valence-electron chi connectivity index (χ3n) is 9.53. The van der Waals surface area contributed by atoms with Crippen LogP contribution in [0.1, 0.15) is 131 Å². The van der Waals surface area contributed by atoms with E-state index in [0.29, 0.717) is 5.41 Å². The van der Waals surface area contributed by atoms with E-state index in [1.54, 1.807) is 0 Å². The predicted molar refractivity (Wildman–Crippen MR) is 221 cm³/mol. The first kappa shape index (κ1) is 47.3. The average molecular weight is 866 g/mol. The van der Waals surface area contributed by atoms with E-state index in [-0.39, 0.29) is 35.6 Å². The summed E-state index contributed by atoms with van der Waals surface area (Å²) in [5, 5.41) is 1.53. The Morgan fingerprint density at radius 2 is 1.25 bits per heavy atom. The Morgan fingerprint density at radius 1 is 0.717 bits per heavy atom. The molecule has 5 aromatic rings. The minimum Gasteiger partial charge on any atom is -1.00 e. The van der Waals surface area contributed by atoms with Gasteiger partial charge in [0.2, 0.25) is 0 Å². The Bertz CT molecular complexity index is 1880. The van der Waals surface area contributed by atoms with Gasteiger partial charge in [0.15, 0.2) is 0 Å². The number of rotatable bonds is 4. The molecule has 0 radical (unpaired) electrons. The molecule has 0 aliphatic heterocycles. The van der Waals surface area contributed by atoms with Crippen molar-refractivity contribution in [1.82, 2.24) is 0 Å². The largest absolute Gasteiger partial charge is 1.00 e. The second kappa shape index (κ2) is 19.3. The molecule has 282 valence electrons. The Morgan fingerprint density at radius 3 is 1.70 bits per heavy atom. The monoisotopic (exact) mass is 862 g/mol. The number of halogens is 4. The normalized spacial score (nSPS) is 11.8. The van der Waals surface area contributed by atoms with E-state index in [9.17, 15) is 0 Å². The molecule has 0 N–H and O–H groups in total. The fourth-order valence-corrected chi connectivity index (χ4v) is 8.03. The SMILES string of the molecule is CCCc1cc(C(C)(C)C)c[cH-]1.Cc1[c-]c2c(cc1C(C)(C)C)-c1cc(C(C)(C)C)c(C)cc1C2.Clc1cccc([C](=[Zr+2])c2cccc(Cl)c2)c1.[Cl-].[Cl-]. The molecule has 0 atom stereocenters. The van der Waals surface area contributed by atoms with Gasteiger partial charge in [-0.25, -0.2) is 6.07 Å². The zero-order chi connectivity index (χ0) is 37.9. The third-order valence-corrected chi connectivity index (χ3v) is 11.4. The Kier molecular flexibility index (Phi) is 17.3. The molecular weight excluding hydrogens is 810 g/mol. The smallest absolute Gasteiger partial charge is 1.00 e. The molecule has 6 rings (SSSR count). The maximum absolute atomic E-state index is 5.98. The summed E-state index contributed by atoms with van der Waals surface area (Å²) in [4.78, 5) is 0. The fourth-order valence-electron chi connectivity index (χ4n) is 6.88. The van der Waals surface area contributed by atoms with Crippen LogP contribution in [0.5, 0.6) is 0 Å². The summed E-state index contributed by atoms with van der Waals surface area (Å²) in [6.45, 7) is 27.3. The van der Waals surface area contributed by atoms with Crippen molar-refractivity contribution in [2.24, 2.45) is 0 Å². The summed E-state index contributed by atoms with van der Waals surface area (Å²) in [6, 6.07) is 33.6. The van der Waals surface area contributed by atoms with E-state index in [2.05, 4.69) is 138 Å². The molecular formula is C48H56Cl4Zr-2. The first-order valence-corrected chi connectivity index (χ1v) is 20.2. The molecule has 1 aliphatic rings. The van der Waals surface area contributed by atoms with Crippen LogP contribution in [0.25, 0.3) is 11.1 Å². The van der Waals surface area contributed by atoms with Crippen LogP contribution < -0.4 is 24.8 Å². The molecule has 5 aromatic carbocycles. The van der Waals surface area contributed by atoms with Crippen LogP contribution in [-0.4, -0.2) is 3.21 Å². The summed E-state index contributed by atoms with van der Waals surface area (Å²) >= 11 is 13.3. The van der Waals surface area contributed by atoms with Crippen LogP contribution in [0.4, 0.5) is 0 Å². The molecule has 0 unspecified atom stereocenters. The van der Waals surface area contributed by atoms with Crippen molar-refractivity contribution in [1.29, 1.82) is 0 Å². The van der Waals surface area contributed by atoms with Crippen molar-refractivity contribution in [2.45, 2.75) is 119 Å². The molecule has 0 heterocycles. The molecule has 0 nitrogen and oxygen atoms in total. The van der Waals surface area contributed by atoms with E-state index < -0.39 is 0 Å². The second-order valence-corrected chi connectivity index (χ2v) is 19.2. The molecule has 0 amide bonds. The molecule has 5 heteroatoms. The predicted octanol–water partition coefficient (Wildman–Crippen LogP) is 8.04. The summed E-state index contributed by atoms with van der Waals surface area (Å²) in [7, 11) is 0.